The van der Waals surface area contributed by atoms with Crippen LogP contribution in [0.3, 0.4) is 0 Å². The fraction of sp³-hybridized carbons (Fsp3) is 0.429. The maximum atomic E-state index is 13.2. The third-order valence-electron chi connectivity index (χ3n) is 3.62. The maximum absolute atomic E-state index is 13.2. The third kappa shape index (κ3) is 2.86. The second-order valence-corrected chi connectivity index (χ2v) is 6.88. The van der Waals surface area contributed by atoms with Crippen LogP contribution in [0.5, 0.6) is 0 Å². The lowest BCUT2D eigenvalue weighted by Gasteiger charge is -2.27. The van der Waals surface area contributed by atoms with Gasteiger partial charge in [0.15, 0.2) is 0 Å². The fourth-order valence-corrected chi connectivity index (χ4v) is 4.27. The van der Waals surface area contributed by atoms with Gasteiger partial charge in [0, 0.05) is 12.6 Å². The molecule has 1 saturated carbocycles. The number of anilines is 1. The Balaban J connectivity index is 2.38. The molecular formula is C14H19FN2O2S. The van der Waals surface area contributed by atoms with E-state index in [1.807, 2.05) is 0 Å². The topological polar surface area (TPSA) is 63.4 Å². The van der Waals surface area contributed by atoms with Crippen molar-refractivity contribution in [1.82, 2.24) is 4.31 Å². The Morgan fingerprint density at radius 3 is 2.60 bits per heavy atom. The van der Waals surface area contributed by atoms with E-state index in [0.717, 1.165) is 31.7 Å². The highest BCUT2D eigenvalue weighted by molar-refractivity contribution is 7.89. The number of nitrogens with zero attached hydrogens (tertiary/aromatic N) is 1. The molecule has 20 heavy (non-hydrogen) atoms. The molecule has 2 rings (SSSR count). The normalized spacial score (nSPS) is 16.7. The molecule has 1 aliphatic rings. The smallest absolute Gasteiger partial charge is 0.243 e. The Morgan fingerprint density at radius 2 is 2.05 bits per heavy atom. The number of halogens is 1. The van der Waals surface area contributed by atoms with Gasteiger partial charge < -0.3 is 5.73 Å². The molecule has 1 aromatic carbocycles. The summed E-state index contributed by atoms with van der Waals surface area (Å²) >= 11 is 0. The first-order valence-electron chi connectivity index (χ1n) is 6.64. The number of hydrogen-bond donors (Lipinski definition) is 1. The highest BCUT2D eigenvalue weighted by Gasteiger charge is 2.32. The number of sulfonamides is 1. The van der Waals surface area contributed by atoms with Crippen molar-refractivity contribution in [3.8, 4) is 0 Å². The van der Waals surface area contributed by atoms with Gasteiger partial charge in [0.1, 0.15) is 5.82 Å². The molecule has 0 aliphatic heterocycles. The number of benzene rings is 1. The number of nitrogens with two attached hydrogens (primary N) is 1. The van der Waals surface area contributed by atoms with Gasteiger partial charge in [0.25, 0.3) is 0 Å². The Morgan fingerprint density at radius 1 is 1.40 bits per heavy atom. The average Bonchev–Trinajstić information content (AvgIpc) is 2.92. The highest BCUT2D eigenvalue weighted by atomic mass is 32.2. The van der Waals surface area contributed by atoms with Crippen LogP contribution in [0.15, 0.2) is 35.7 Å². The van der Waals surface area contributed by atoms with Gasteiger partial charge in [0.2, 0.25) is 10.0 Å². The summed E-state index contributed by atoms with van der Waals surface area (Å²) in [6.07, 6.45) is 5.33. The van der Waals surface area contributed by atoms with Gasteiger partial charge in [0.05, 0.1) is 10.6 Å². The van der Waals surface area contributed by atoms with Gasteiger partial charge in [-0.25, -0.2) is 12.8 Å². The van der Waals surface area contributed by atoms with Crippen molar-refractivity contribution in [3.05, 3.63) is 36.7 Å². The van der Waals surface area contributed by atoms with Crippen LogP contribution in [0.1, 0.15) is 25.7 Å². The molecule has 0 bridgehead atoms. The van der Waals surface area contributed by atoms with Gasteiger partial charge in [-0.15, -0.1) is 6.58 Å². The van der Waals surface area contributed by atoms with Crippen LogP contribution >= 0.6 is 0 Å². The van der Waals surface area contributed by atoms with E-state index in [0.29, 0.717) is 0 Å². The molecule has 0 unspecified atom stereocenters. The summed E-state index contributed by atoms with van der Waals surface area (Å²) in [6, 6.07) is 3.51. The van der Waals surface area contributed by atoms with Crippen molar-refractivity contribution in [1.29, 1.82) is 0 Å². The fourth-order valence-electron chi connectivity index (χ4n) is 2.58. The van der Waals surface area contributed by atoms with E-state index in [-0.39, 0.29) is 23.2 Å². The van der Waals surface area contributed by atoms with Gasteiger partial charge in [-0.2, -0.15) is 4.31 Å². The van der Waals surface area contributed by atoms with Crippen LogP contribution in [0.25, 0.3) is 0 Å². The molecule has 1 aromatic rings. The molecule has 0 saturated heterocycles. The van der Waals surface area contributed by atoms with Crippen molar-refractivity contribution in [3.63, 3.8) is 0 Å². The van der Waals surface area contributed by atoms with Crippen molar-refractivity contribution in [2.75, 3.05) is 12.3 Å². The van der Waals surface area contributed by atoms with E-state index in [4.69, 9.17) is 5.73 Å². The molecule has 0 atom stereocenters. The number of rotatable bonds is 5. The molecule has 1 fully saturated rings. The van der Waals surface area contributed by atoms with Crippen molar-refractivity contribution < 1.29 is 12.8 Å². The molecule has 0 radical (unpaired) electrons. The second-order valence-electron chi connectivity index (χ2n) is 4.98. The lowest BCUT2D eigenvalue weighted by Crippen LogP contribution is -2.38. The molecule has 0 aromatic heterocycles. The Kier molecular flexibility index (Phi) is 4.45. The van der Waals surface area contributed by atoms with E-state index >= 15 is 0 Å². The van der Waals surface area contributed by atoms with E-state index in [1.54, 1.807) is 6.08 Å². The van der Waals surface area contributed by atoms with Crippen molar-refractivity contribution >= 4 is 15.7 Å². The molecule has 4 nitrogen and oxygen atoms in total. The monoisotopic (exact) mass is 298 g/mol. The maximum Gasteiger partial charge on any atom is 0.243 e. The first-order valence-corrected chi connectivity index (χ1v) is 8.08. The predicted octanol–water partition coefficient (Wildman–Crippen LogP) is 2.53. The van der Waals surface area contributed by atoms with Crippen LogP contribution in [-0.4, -0.2) is 25.3 Å². The first kappa shape index (κ1) is 15.0. The number of hydrogen-bond acceptors (Lipinski definition) is 3. The molecule has 0 amide bonds. The molecule has 2 N–H and O–H groups in total. The second kappa shape index (κ2) is 5.93. The zero-order valence-corrected chi connectivity index (χ0v) is 12.1. The summed E-state index contributed by atoms with van der Waals surface area (Å²) in [4.78, 5) is 0.0325. The van der Waals surface area contributed by atoms with Crippen LogP contribution in [-0.2, 0) is 10.0 Å². The molecule has 0 spiro atoms. The Labute approximate surface area is 119 Å². The average molecular weight is 298 g/mol. The minimum Gasteiger partial charge on any atom is -0.396 e. The summed E-state index contributed by atoms with van der Waals surface area (Å²) in [5, 5.41) is 0. The van der Waals surface area contributed by atoms with Gasteiger partial charge in [-0.05, 0) is 31.0 Å². The summed E-state index contributed by atoms with van der Waals surface area (Å²) in [5.41, 5.74) is 5.31. The van der Waals surface area contributed by atoms with Gasteiger partial charge >= 0.3 is 0 Å². The van der Waals surface area contributed by atoms with E-state index in [1.165, 1.54) is 16.4 Å². The molecule has 0 heterocycles. The van der Waals surface area contributed by atoms with E-state index in [2.05, 4.69) is 6.58 Å². The van der Waals surface area contributed by atoms with Crippen molar-refractivity contribution in [2.45, 2.75) is 36.6 Å². The van der Waals surface area contributed by atoms with Gasteiger partial charge in [-0.1, -0.05) is 18.9 Å². The lowest BCUT2D eigenvalue weighted by atomic mass is 10.2. The first-order chi connectivity index (χ1) is 9.46. The van der Waals surface area contributed by atoms with Crippen LogP contribution < -0.4 is 5.73 Å². The summed E-state index contributed by atoms with van der Waals surface area (Å²) in [5.74, 6) is -0.611. The molecule has 6 heteroatoms. The zero-order chi connectivity index (χ0) is 14.8. The predicted molar refractivity (Wildman–Crippen MR) is 77.2 cm³/mol. The highest BCUT2D eigenvalue weighted by Crippen LogP contribution is 2.29. The van der Waals surface area contributed by atoms with Crippen LogP contribution in [0.4, 0.5) is 10.1 Å². The van der Waals surface area contributed by atoms with Crippen molar-refractivity contribution in [2.24, 2.45) is 0 Å². The zero-order valence-electron chi connectivity index (χ0n) is 11.3. The standard InChI is InChI=1S/C14H19FN2O2S/c1-2-9-17(11-5-3-4-6-11)20(18,19)12-7-8-13(15)14(16)10-12/h2,7-8,10-11H,1,3-6,9,16H2. The van der Waals surface area contributed by atoms with Gasteiger partial charge in [-0.3, -0.25) is 0 Å². The van der Waals surface area contributed by atoms with E-state index in [9.17, 15) is 12.8 Å². The lowest BCUT2D eigenvalue weighted by molar-refractivity contribution is 0.347. The SMILES string of the molecule is C=CCN(C1CCCC1)S(=O)(=O)c1ccc(F)c(N)c1. The van der Waals surface area contributed by atoms with E-state index < -0.39 is 15.8 Å². The van der Waals surface area contributed by atoms with Crippen LogP contribution in [0.2, 0.25) is 0 Å². The minimum absolute atomic E-state index is 0.00993. The Bertz CT molecular complexity index is 595. The quantitative estimate of drug-likeness (QED) is 0.671. The Hall–Kier alpha value is -1.40. The third-order valence-corrected chi connectivity index (χ3v) is 5.53. The summed E-state index contributed by atoms with van der Waals surface area (Å²) in [6.45, 7) is 3.87. The largest absolute Gasteiger partial charge is 0.396 e. The minimum atomic E-state index is -3.67. The number of nitrogen functional groups attached to an aromatic ring is 1. The summed E-state index contributed by atoms with van der Waals surface area (Å²) < 4.78 is 40.0. The molecular weight excluding hydrogens is 279 g/mol. The van der Waals surface area contributed by atoms with Crippen LogP contribution in [0, 0.1) is 5.82 Å². The summed E-state index contributed by atoms with van der Waals surface area (Å²) in [7, 11) is -3.67. The molecule has 1 aliphatic carbocycles. The molecule has 110 valence electrons.